The summed E-state index contributed by atoms with van der Waals surface area (Å²) in [6, 6.07) is 15.2. The van der Waals surface area contributed by atoms with E-state index in [-0.39, 0.29) is 11.5 Å². The zero-order valence-electron chi connectivity index (χ0n) is 16.6. The Morgan fingerprint density at radius 2 is 1.79 bits per heavy atom. The fraction of sp³-hybridized carbons (Fsp3) is 0.318. The van der Waals surface area contributed by atoms with Crippen LogP contribution >= 0.6 is 11.8 Å². The van der Waals surface area contributed by atoms with E-state index in [1.807, 2.05) is 56.3 Å². The third-order valence-corrected chi connectivity index (χ3v) is 5.73. The van der Waals surface area contributed by atoms with Crippen LogP contribution in [0.5, 0.6) is 0 Å². The smallest absolute Gasteiger partial charge is 0.262 e. The van der Waals surface area contributed by atoms with Crippen molar-refractivity contribution in [3.05, 3.63) is 64.4 Å². The lowest BCUT2D eigenvalue weighted by Gasteiger charge is -2.15. The summed E-state index contributed by atoms with van der Waals surface area (Å²) in [5.41, 5.74) is 2.57. The fourth-order valence-electron chi connectivity index (χ4n) is 2.92. The molecule has 1 amide bonds. The van der Waals surface area contributed by atoms with E-state index in [2.05, 4.69) is 24.1 Å². The molecular weight excluding hydrogens is 370 g/mol. The number of amides is 1. The molecule has 0 bridgehead atoms. The van der Waals surface area contributed by atoms with Gasteiger partial charge < -0.3 is 5.32 Å². The van der Waals surface area contributed by atoms with Gasteiger partial charge in [-0.05, 0) is 49.6 Å². The van der Waals surface area contributed by atoms with Gasteiger partial charge in [-0.25, -0.2) is 4.98 Å². The van der Waals surface area contributed by atoms with Crippen molar-refractivity contribution in [2.75, 3.05) is 5.32 Å². The average molecular weight is 396 g/mol. The summed E-state index contributed by atoms with van der Waals surface area (Å²) in [5, 5.41) is 3.70. The molecule has 1 atom stereocenters. The molecule has 0 aliphatic carbocycles. The van der Waals surface area contributed by atoms with Crippen LogP contribution in [-0.4, -0.2) is 20.7 Å². The lowest BCUT2D eigenvalue weighted by atomic mass is 10.0. The van der Waals surface area contributed by atoms with E-state index in [4.69, 9.17) is 0 Å². The van der Waals surface area contributed by atoms with Crippen LogP contribution in [0.25, 0.3) is 10.9 Å². The molecule has 3 rings (SSSR count). The van der Waals surface area contributed by atoms with Gasteiger partial charge in [0.25, 0.3) is 5.56 Å². The zero-order chi connectivity index (χ0) is 20.3. The molecule has 146 valence electrons. The first kappa shape index (κ1) is 20.1. The van der Waals surface area contributed by atoms with Crippen molar-refractivity contribution in [2.45, 2.75) is 50.6 Å². The van der Waals surface area contributed by atoms with Gasteiger partial charge in [0.05, 0.1) is 16.2 Å². The van der Waals surface area contributed by atoms with E-state index in [0.717, 1.165) is 5.69 Å². The summed E-state index contributed by atoms with van der Waals surface area (Å²) in [5.74, 6) is 0.330. The number of hydrogen-bond acceptors (Lipinski definition) is 4. The Labute approximate surface area is 169 Å². The van der Waals surface area contributed by atoms with Gasteiger partial charge in [-0.2, -0.15) is 0 Å². The van der Waals surface area contributed by atoms with Crippen LogP contribution in [0, 0.1) is 0 Å². The largest absolute Gasteiger partial charge is 0.325 e. The second-order valence-corrected chi connectivity index (χ2v) is 8.29. The van der Waals surface area contributed by atoms with Gasteiger partial charge >= 0.3 is 0 Å². The van der Waals surface area contributed by atoms with Crippen LogP contribution in [0.4, 0.5) is 5.69 Å². The van der Waals surface area contributed by atoms with E-state index in [9.17, 15) is 9.59 Å². The molecular formula is C22H25N3O2S. The van der Waals surface area contributed by atoms with E-state index in [1.54, 1.807) is 10.6 Å². The molecule has 0 spiro atoms. The lowest BCUT2D eigenvalue weighted by molar-refractivity contribution is -0.115. The number of nitrogens with one attached hydrogen (secondary N) is 1. The predicted molar refractivity (Wildman–Crippen MR) is 116 cm³/mol. The number of rotatable bonds is 6. The number of hydrogen-bond donors (Lipinski definition) is 1. The summed E-state index contributed by atoms with van der Waals surface area (Å²) in [7, 11) is 0. The predicted octanol–water partition coefficient (Wildman–Crippen LogP) is 4.66. The molecule has 28 heavy (non-hydrogen) atoms. The SMILES string of the molecule is CCn1c(S[C@@H](C)C(=O)Nc2ccc(C(C)C)cc2)nc2ccccc2c1=O. The van der Waals surface area contributed by atoms with E-state index < -0.39 is 5.25 Å². The minimum atomic E-state index is -0.393. The first-order valence-corrected chi connectivity index (χ1v) is 10.4. The van der Waals surface area contributed by atoms with Gasteiger partial charge in [-0.3, -0.25) is 14.2 Å². The molecule has 0 saturated heterocycles. The van der Waals surface area contributed by atoms with Crippen LogP contribution in [-0.2, 0) is 11.3 Å². The standard InChI is InChI=1S/C22H25N3O2S/c1-5-25-21(27)18-8-6-7-9-19(18)24-22(25)28-15(4)20(26)23-17-12-10-16(11-13-17)14(2)3/h6-15H,5H2,1-4H3,(H,23,26)/t15-/m0/s1. The molecule has 0 aliphatic rings. The van der Waals surface area contributed by atoms with Crippen molar-refractivity contribution in [3.63, 3.8) is 0 Å². The van der Waals surface area contributed by atoms with Crippen molar-refractivity contribution < 1.29 is 4.79 Å². The fourth-order valence-corrected chi connectivity index (χ4v) is 3.90. The second kappa shape index (κ2) is 8.61. The Balaban J connectivity index is 1.79. The summed E-state index contributed by atoms with van der Waals surface area (Å²) in [4.78, 5) is 30.0. The minimum Gasteiger partial charge on any atom is -0.325 e. The van der Waals surface area contributed by atoms with Crippen LogP contribution in [0.3, 0.4) is 0 Å². The first-order chi connectivity index (χ1) is 13.4. The maximum atomic E-state index is 12.7. The molecule has 3 aromatic rings. The number of carbonyl (C=O) groups is 1. The minimum absolute atomic E-state index is 0.0764. The molecule has 1 heterocycles. The van der Waals surface area contributed by atoms with E-state index >= 15 is 0 Å². The molecule has 1 N–H and O–H groups in total. The Bertz CT molecular complexity index is 1040. The molecule has 0 saturated carbocycles. The normalized spacial score (nSPS) is 12.3. The number of benzene rings is 2. The maximum absolute atomic E-state index is 12.7. The molecule has 6 heteroatoms. The highest BCUT2D eigenvalue weighted by Crippen LogP contribution is 2.24. The third kappa shape index (κ3) is 4.28. The summed E-state index contributed by atoms with van der Waals surface area (Å²) < 4.78 is 1.62. The van der Waals surface area contributed by atoms with Crippen molar-refractivity contribution in [1.29, 1.82) is 0 Å². The van der Waals surface area contributed by atoms with Gasteiger partial charge in [0.15, 0.2) is 5.16 Å². The first-order valence-electron chi connectivity index (χ1n) is 9.47. The molecule has 0 aliphatic heterocycles. The lowest BCUT2D eigenvalue weighted by Crippen LogP contribution is -2.26. The number of nitrogens with zero attached hydrogens (tertiary/aromatic N) is 2. The van der Waals surface area contributed by atoms with Crippen LogP contribution < -0.4 is 10.9 Å². The molecule has 0 unspecified atom stereocenters. The topological polar surface area (TPSA) is 64.0 Å². The van der Waals surface area contributed by atoms with Gasteiger partial charge in [0.2, 0.25) is 5.91 Å². The number of para-hydroxylation sites is 1. The summed E-state index contributed by atoms with van der Waals surface area (Å²) in [6.07, 6.45) is 0. The summed E-state index contributed by atoms with van der Waals surface area (Å²) in [6.45, 7) is 8.50. The Kier molecular flexibility index (Phi) is 6.19. The highest BCUT2D eigenvalue weighted by molar-refractivity contribution is 8.00. The summed E-state index contributed by atoms with van der Waals surface area (Å²) >= 11 is 1.30. The van der Waals surface area contributed by atoms with Gasteiger partial charge in [0.1, 0.15) is 0 Å². The molecule has 0 fully saturated rings. The van der Waals surface area contributed by atoms with Crippen molar-refractivity contribution >= 4 is 34.3 Å². The second-order valence-electron chi connectivity index (χ2n) is 6.99. The maximum Gasteiger partial charge on any atom is 0.262 e. The quantitative estimate of drug-likeness (QED) is 0.487. The molecule has 0 radical (unpaired) electrons. The van der Waals surface area contributed by atoms with Gasteiger partial charge in [-0.1, -0.05) is 49.9 Å². The van der Waals surface area contributed by atoms with Crippen LogP contribution in [0.1, 0.15) is 39.2 Å². The number of thioether (sulfide) groups is 1. The van der Waals surface area contributed by atoms with Crippen LogP contribution in [0.15, 0.2) is 58.5 Å². The van der Waals surface area contributed by atoms with Crippen molar-refractivity contribution in [3.8, 4) is 0 Å². The molecule has 2 aromatic carbocycles. The van der Waals surface area contributed by atoms with Gasteiger partial charge in [-0.15, -0.1) is 0 Å². The van der Waals surface area contributed by atoms with Crippen molar-refractivity contribution in [2.24, 2.45) is 0 Å². The highest BCUT2D eigenvalue weighted by atomic mass is 32.2. The highest BCUT2D eigenvalue weighted by Gasteiger charge is 2.19. The Morgan fingerprint density at radius 1 is 1.11 bits per heavy atom. The van der Waals surface area contributed by atoms with E-state index in [0.29, 0.717) is 28.5 Å². The third-order valence-electron chi connectivity index (χ3n) is 4.64. The zero-order valence-corrected chi connectivity index (χ0v) is 17.4. The number of carbonyl (C=O) groups excluding carboxylic acids is 1. The van der Waals surface area contributed by atoms with Gasteiger partial charge in [0, 0.05) is 12.2 Å². The molecule has 5 nitrogen and oxygen atoms in total. The Morgan fingerprint density at radius 3 is 2.43 bits per heavy atom. The monoisotopic (exact) mass is 395 g/mol. The number of fused-ring (bicyclic) bond motifs is 1. The van der Waals surface area contributed by atoms with Crippen molar-refractivity contribution in [1.82, 2.24) is 9.55 Å². The molecule has 1 aromatic heterocycles. The Hall–Kier alpha value is -2.60. The average Bonchev–Trinajstić information content (AvgIpc) is 2.68. The van der Waals surface area contributed by atoms with E-state index in [1.165, 1.54) is 17.3 Å². The number of anilines is 1. The van der Waals surface area contributed by atoms with Crippen LogP contribution in [0.2, 0.25) is 0 Å². The number of aromatic nitrogens is 2.